The zero-order valence-electron chi connectivity index (χ0n) is 9.20. The summed E-state index contributed by atoms with van der Waals surface area (Å²) in [5.41, 5.74) is 0. The van der Waals surface area contributed by atoms with Gasteiger partial charge in [0.05, 0.1) is 12.5 Å². The van der Waals surface area contributed by atoms with Gasteiger partial charge in [-0.15, -0.1) is 0 Å². The Morgan fingerprint density at radius 2 is 2.06 bits per heavy atom. The van der Waals surface area contributed by atoms with Crippen LogP contribution >= 0.6 is 0 Å². The number of halogens is 2. The highest BCUT2D eigenvalue weighted by Crippen LogP contribution is 2.10. The number of pyridine rings is 1. The maximum Gasteiger partial charge on any atom is 0.208 e. The maximum atomic E-state index is 13.1. The molecule has 0 fully saturated rings. The molecule has 17 heavy (non-hydrogen) atoms. The van der Waals surface area contributed by atoms with E-state index in [4.69, 9.17) is 0 Å². The minimum absolute atomic E-state index is 0.0502. The van der Waals surface area contributed by atoms with E-state index in [0.29, 0.717) is 13.0 Å². The summed E-state index contributed by atoms with van der Waals surface area (Å²) < 4.78 is 49.3. The van der Waals surface area contributed by atoms with Gasteiger partial charge in [0.15, 0.2) is 11.6 Å². The van der Waals surface area contributed by atoms with Gasteiger partial charge in [0.25, 0.3) is 0 Å². The summed E-state index contributed by atoms with van der Waals surface area (Å²) in [6.45, 7) is 0.576. The number of nitrogens with zero attached hydrogens (tertiary/aromatic N) is 1. The molecule has 96 valence electrons. The van der Waals surface area contributed by atoms with E-state index in [-0.39, 0.29) is 12.4 Å². The molecule has 0 atom stereocenters. The van der Waals surface area contributed by atoms with E-state index >= 15 is 0 Å². The Hall–Kier alpha value is -1.28. The van der Waals surface area contributed by atoms with Crippen molar-refractivity contribution in [3.8, 4) is 0 Å². The van der Waals surface area contributed by atoms with Crippen LogP contribution in [0.5, 0.6) is 0 Å². The van der Waals surface area contributed by atoms with Crippen molar-refractivity contribution < 1.29 is 17.2 Å². The van der Waals surface area contributed by atoms with E-state index in [1.807, 2.05) is 0 Å². The summed E-state index contributed by atoms with van der Waals surface area (Å²) >= 11 is 0. The largest absolute Gasteiger partial charge is 0.368 e. The first-order chi connectivity index (χ1) is 7.88. The van der Waals surface area contributed by atoms with Gasteiger partial charge in [-0.05, 0) is 6.42 Å². The first-order valence-corrected chi connectivity index (χ1v) is 6.77. The average molecular weight is 265 g/mol. The van der Waals surface area contributed by atoms with Gasteiger partial charge in [-0.2, -0.15) is 0 Å². The maximum absolute atomic E-state index is 13.1. The van der Waals surface area contributed by atoms with Crippen molar-refractivity contribution in [3.63, 3.8) is 0 Å². The summed E-state index contributed by atoms with van der Waals surface area (Å²) in [6, 6.07) is 0.726. The third kappa shape index (κ3) is 5.55. The van der Waals surface area contributed by atoms with Gasteiger partial charge in [-0.25, -0.2) is 26.9 Å². The molecule has 1 aromatic rings. The highest BCUT2D eigenvalue weighted by molar-refractivity contribution is 7.88. The molecule has 0 bridgehead atoms. The van der Waals surface area contributed by atoms with Crippen molar-refractivity contribution in [1.82, 2.24) is 9.71 Å². The lowest BCUT2D eigenvalue weighted by atomic mass is 10.4. The Balaban J connectivity index is 2.32. The van der Waals surface area contributed by atoms with Gasteiger partial charge in [0.2, 0.25) is 10.0 Å². The van der Waals surface area contributed by atoms with Gasteiger partial charge in [0, 0.05) is 19.2 Å². The Morgan fingerprint density at radius 3 is 2.65 bits per heavy atom. The molecule has 0 amide bonds. The SMILES string of the molecule is CS(=O)(=O)NCCCNc1ncc(F)cc1F. The summed E-state index contributed by atoms with van der Waals surface area (Å²) in [5, 5.41) is 2.64. The van der Waals surface area contributed by atoms with Crippen molar-refractivity contribution in [1.29, 1.82) is 0 Å². The number of hydrogen-bond acceptors (Lipinski definition) is 4. The zero-order valence-corrected chi connectivity index (χ0v) is 10.0. The van der Waals surface area contributed by atoms with E-state index in [1.165, 1.54) is 0 Å². The van der Waals surface area contributed by atoms with E-state index in [1.54, 1.807) is 0 Å². The van der Waals surface area contributed by atoms with Gasteiger partial charge >= 0.3 is 0 Å². The highest BCUT2D eigenvalue weighted by Gasteiger charge is 2.04. The fourth-order valence-electron chi connectivity index (χ4n) is 1.10. The molecule has 0 aromatic carbocycles. The molecule has 0 spiro atoms. The summed E-state index contributed by atoms with van der Waals surface area (Å²) in [6.07, 6.45) is 2.42. The molecule has 0 unspecified atom stereocenters. The molecule has 1 heterocycles. The Kier molecular flexibility index (Phi) is 4.76. The lowest BCUT2D eigenvalue weighted by molar-refractivity contribution is 0.574. The number of rotatable bonds is 6. The standard InChI is InChI=1S/C9H13F2N3O2S/c1-17(15,16)14-4-2-3-12-9-8(11)5-7(10)6-13-9/h5-6,14H,2-4H2,1H3,(H,12,13). The van der Waals surface area contributed by atoms with Crippen LogP contribution in [0, 0.1) is 11.6 Å². The second kappa shape index (κ2) is 5.87. The molecule has 0 radical (unpaired) electrons. The number of anilines is 1. The van der Waals surface area contributed by atoms with Crippen LogP contribution in [-0.4, -0.2) is 32.7 Å². The summed E-state index contributed by atoms with van der Waals surface area (Å²) in [4.78, 5) is 3.52. The van der Waals surface area contributed by atoms with E-state index in [9.17, 15) is 17.2 Å². The first-order valence-electron chi connectivity index (χ1n) is 4.88. The molecule has 2 N–H and O–H groups in total. The Bertz CT molecular complexity index is 479. The monoisotopic (exact) mass is 265 g/mol. The van der Waals surface area contributed by atoms with Gasteiger partial charge < -0.3 is 5.32 Å². The Labute approximate surface area is 98.3 Å². The van der Waals surface area contributed by atoms with Crippen molar-refractivity contribution in [2.45, 2.75) is 6.42 Å². The van der Waals surface area contributed by atoms with Crippen LogP contribution in [0.1, 0.15) is 6.42 Å². The number of aromatic nitrogens is 1. The van der Waals surface area contributed by atoms with Crippen LogP contribution in [0.15, 0.2) is 12.3 Å². The van der Waals surface area contributed by atoms with Crippen molar-refractivity contribution in [2.24, 2.45) is 0 Å². The molecular formula is C9H13F2N3O2S. The van der Waals surface area contributed by atoms with Crippen LogP contribution in [0.4, 0.5) is 14.6 Å². The number of sulfonamides is 1. The molecule has 0 saturated heterocycles. The van der Waals surface area contributed by atoms with Crippen LogP contribution in [0.3, 0.4) is 0 Å². The predicted molar refractivity (Wildman–Crippen MR) is 60.1 cm³/mol. The lowest BCUT2D eigenvalue weighted by Gasteiger charge is -2.06. The number of nitrogens with one attached hydrogen (secondary N) is 2. The predicted octanol–water partition coefficient (Wildman–Crippen LogP) is 0.711. The van der Waals surface area contributed by atoms with Gasteiger partial charge in [0.1, 0.15) is 5.82 Å². The van der Waals surface area contributed by atoms with Crippen molar-refractivity contribution in [3.05, 3.63) is 23.9 Å². The molecule has 0 saturated carbocycles. The minimum Gasteiger partial charge on any atom is -0.368 e. The van der Waals surface area contributed by atoms with Crippen LogP contribution < -0.4 is 10.0 Å². The Morgan fingerprint density at radius 1 is 1.35 bits per heavy atom. The molecule has 1 rings (SSSR count). The van der Waals surface area contributed by atoms with Gasteiger partial charge in [-0.1, -0.05) is 0 Å². The van der Waals surface area contributed by atoms with Crippen molar-refractivity contribution >= 4 is 15.8 Å². The molecule has 0 aliphatic rings. The summed E-state index contributed by atoms with van der Waals surface area (Å²) in [5.74, 6) is -1.57. The van der Waals surface area contributed by atoms with E-state index in [2.05, 4.69) is 15.0 Å². The molecule has 1 aromatic heterocycles. The fraction of sp³-hybridized carbons (Fsp3) is 0.444. The topological polar surface area (TPSA) is 71.1 Å². The lowest BCUT2D eigenvalue weighted by Crippen LogP contribution is -2.24. The normalized spacial score (nSPS) is 11.5. The number of hydrogen-bond donors (Lipinski definition) is 2. The molecular weight excluding hydrogens is 252 g/mol. The van der Waals surface area contributed by atoms with Crippen LogP contribution in [0.25, 0.3) is 0 Å². The van der Waals surface area contributed by atoms with Crippen LogP contribution in [-0.2, 0) is 10.0 Å². The van der Waals surface area contributed by atoms with Crippen molar-refractivity contribution in [2.75, 3.05) is 24.7 Å². The van der Waals surface area contributed by atoms with Gasteiger partial charge in [-0.3, -0.25) is 0 Å². The quantitative estimate of drug-likeness (QED) is 0.743. The molecule has 0 aliphatic heterocycles. The summed E-state index contributed by atoms with van der Waals surface area (Å²) in [7, 11) is -3.20. The third-order valence-corrected chi connectivity index (χ3v) is 2.55. The van der Waals surface area contributed by atoms with E-state index in [0.717, 1.165) is 18.5 Å². The molecule has 0 aliphatic carbocycles. The van der Waals surface area contributed by atoms with E-state index < -0.39 is 21.7 Å². The first kappa shape index (κ1) is 13.8. The second-order valence-corrected chi connectivity index (χ2v) is 5.26. The molecule has 8 heteroatoms. The minimum atomic E-state index is -3.20. The average Bonchev–Trinajstić information content (AvgIpc) is 2.18. The third-order valence-electron chi connectivity index (χ3n) is 1.82. The fourth-order valence-corrected chi connectivity index (χ4v) is 1.61. The second-order valence-electron chi connectivity index (χ2n) is 3.43. The highest BCUT2D eigenvalue weighted by atomic mass is 32.2. The smallest absolute Gasteiger partial charge is 0.208 e. The zero-order chi connectivity index (χ0) is 12.9. The van der Waals surface area contributed by atoms with Crippen LogP contribution in [0.2, 0.25) is 0 Å². The molecule has 5 nitrogen and oxygen atoms in total.